The number of fused-ring (bicyclic) bond motifs is 1. The number of nitrogens with zero attached hydrogens (tertiary/aromatic N) is 1. The minimum atomic E-state index is -0.929. The molecule has 0 spiro atoms. The van der Waals surface area contributed by atoms with Gasteiger partial charge in [0.25, 0.3) is 0 Å². The van der Waals surface area contributed by atoms with E-state index in [2.05, 4.69) is 15.4 Å². The molecular formula is C31H41N3O8. The number of carbonyl (C=O) groups is 4. The number of alkyl carbamates (subject to hydrolysis) is 1. The summed E-state index contributed by atoms with van der Waals surface area (Å²) in [4.78, 5) is 53.6. The Morgan fingerprint density at radius 3 is 2.26 bits per heavy atom. The van der Waals surface area contributed by atoms with E-state index in [-0.39, 0.29) is 31.4 Å². The molecule has 0 unspecified atom stereocenters. The van der Waals surface area contributed by atoms with Gasteiger partial charge in [-0.25, -0.2) is 9.59 Å². The van der Waals surface area contributed by atoms with Crippen molar-refractivity contribution in [2.75, 3.05) is 26.1 Å². The van der Waals surface area contributed by atoms with Gasteiger partial charge in [0, 0.05) is 18.7 Å². The summed E-state index contributed by atoms with van der Waals surface area (Å²) in [6, 6.07) is 10.4. The van der Waals surface area contributed by atoms with E-state index in [9.17, 15) is 19.2 Å². The lowest BCUT2D eigenvalue weighted by Gasteiger charge is -2.39. The van der Waals surface area contributed by atoms with Gasteiger partial charge in [-0.3, -0.25) is 9.59 Å². The number of benzene rings is 2. The number of amides is 3. The first-order valence-corrected chi connectivity index (χ1v) is 13.9. The second kappa shape index (κ2) is 14.1. The highest BCUT2D eigenvalue weighted by atomic mass is 16.6. The van der Waals surface area contributed by atoms with Crippen LogP contribution in [0.3, 0.4) is 0 Å². The van der Waals surface area contributed by atoms with Gasteiger partial charge in [-0.15, -0.1) is 0 Å². The van der Waals surface area contributed by atoms with Gasteiger partial charge in [-0.2, -0.15) is 0 Å². The van der Waals surface area contributed by atoms with Crippen LogP contribution >= 0.6 is 0 Å². The number of carbonyl (C=O) groups excluding carboxylic acids is 4. The summed E-state index contributed by atoms with van der Waals surface area (Å²) < 4.78 is 20.8. The smallest absolute Gasteiger partial charge is 0.408 e. The zero-order valence-corrected chi connectivity index (χ0v) is 25.3. The first-order chi connectivity index (χ1) is 19.8. The molecule has 0 saturated carbocycles. The van der Waals surface area contributed by atoms with Gasteiger partial charge in [0.1, 0.15) is 29.2 Å². The van der Waals surface area contributed by atoms with Crippen molar-refractivity contribution in [3.8, 4) is 11.5 Å². The van der Waals surface area contributed by atoms with Gasteiger partial charge < -0.3 is 34.5 Å². The van der Waals surface area contributed by atoms with E-state index >= 15 is 0 Å². The second-order valence-electron chi connectivity index (χ2n) is 11.2. The van der Waals surface area contributed by atoms with Gasteiger partial charge >= 0.3 is 12.1 Å². The zero-order valence-electron chi connectivity index (χ0n) is 25.3. The Bertz CT molecular complexity index is 1270. The largest absolute Gasteiger partial charge is 0.497 e. The molecule has 2 aromatic rings. The Balaban J connectivity index is 1.94. The Morgan fingerprint density at radius 2 is 1.67 bits per heavy atom. The third-order valence-corrected chi connectivity index (χ3v) is 6.99. The fraction of sp³-hybridized carbons (Fsp3) is 0.484. The van der Waals surface area contributed by atoms with E-state index in [1.54, 1.807) is 64.3 Å². The lowest BCUT2D eigenvalue weighted by atomic mass is 9.90. The number of methoxy groups -OCH3 is 2. The summed E-state index contributed by atoms with van der Waals surface area (Å²) in [5, 5.41) is 5.65. The minimum Gasteiger partial charge on any atom is -0.497 e. The van der Waals surface area contributed by atoms with Crippen molar-refractivity contribution in [2.45, 2.75) is 71.7 Å². The molecule has 11 heteroatoms. The Labute approximate surface area is 246 Å². The van der Waals surface area contributed by atoms with Crippen LogP contribution in [-0.2, 0) is 36.8 Å². The molecule has 0 aromatic heterocycles. The van der Waals surface area contributed by atoms with Crippen molar-refractivity contribution < 1.29 is 38.1 Å². The third kappa shape index (κ3) is 8.61. The van der Waals surface area contributed by atoms with Crippen LogP contribution in [0.25, 0.3) is 0 Å². The average molecular weight is 584 g/mol. The molecule has 42 heavy (non-hydrogen) atoms. The predicted octanol–water partition coefficient (Wildman–Crippen LogP) is 4.08. The molecule has 1 aliphatic rings. The average Bonchev–Trinajstić information content (AvgIpc) is 2.96. The molecule has 3 rings (SSSR count). The maximum Gasteiger partial charge on any atom is 0.408 e. The highest BCUT2D eigenvalue weighted by Crippen LogP contribution is 2.30. The number of ether oxygens (including phenoxy) is 4. The summed E-state index contributed by atoms with van der Waals surface area (Å²) in [6.45, 7) is 8.85. The molecule has 1 heterocycles. The molecule has 1 aliphatic heterocycles. The summed E-state index contributed by atoms with van der Waals surface area (Å²) in [5.74, 6) is -0.470. The van der Waals surface area contributed by atoms with Gasteiger partial charge in [0.05, 0.1) is 14.2 Å². The maximum atomic E-state index is 14.2. The third-order valence-electron chi connectivity index (χ3n) is 6.99. The van der Waals surface area contributed by atoms with Crippen LogP contribution in [0.15, 0.2) is 42.5 Å². The van der Waals surface area contributed by atoms with E-state index < -0.39 is 35.7 Å². The quantitative estimate of drug-likeness (QED) is 0.400. The maximum absolute atomic E-state index is 14.2. The van der Waals surface area contributed by atoms with E-state index in [1.807, 2.05) is 19.9 Å². The van der Waals surface area contributed by atoms with E-state index in [0.717, 1.165) is 11.1 Å². The molecule has 0 fully saturated rings. The monoisotopic (exact) mass is 583 g/mol. The van der Waals surface area contributed by atoms with Crippen molar-refractivity contribution in [1.29, 1.82) is 0 Å². The fourth-order valence-electron chi connectivity index (χ4n) is 4.51. The Kier molecular flexibility index (Phi) is 10.8. The molecule has 2 aromatic carbocycles. The van der Waals surface area contributed by atoms with Crippen LogP contribution in [0.2, 0.25) is 0 Å². The molecule has 0 aliphatic carbocycles. The lowest BCUT2D eigenvalue weighted by molar-refractivity contribution is -0.143. The van der Waals surface area contributed by atoms with Crippen LogP contribution in [0.1, 0.15) is 52.2 Å². The summed E-state index contributed by atoms with van der Waals surface area (Å²) in [7, 11) is 2.83. The molecule has 2 N–H and O–H groups in total. The number of rotatable bonds is 10. The van der Waals surface area contributed by atoms with Gasteiger partial charge in [0.2, 0.25) is 11.8 Å². The molecular weight excluding hydrogens is 542 g/mol. The number of anilines is 1. The standard InChI is InChI=1S/C31H41N3O8/c1-8-19(2)27(33-30(38)42-31(3,4)5)29(37)34-17-21-15-24(41-18-26(35)40-7)12-9-20(21)16-25(34)28(36)32-22-10-13-23(39-6)14-11-22/h9-15,19,25,27H,8,16-18H2,1-7H3,(H,32,36)(H,33,38)/t19-,25-,27-/m0/s1. The van der Waals surface area contributed by atoms with E-state index in [4.69, 9.17) is 14.2 Å². The fourth-order valence-corrected chi connectivity index (χ4v) is 4.51. The zero-order chi connectivity index (χ0) is 31.0. The van der Waals surface area contributed by atoms with Crippen molar-refractivity contribution in [1.82, 2.24) is 10.2 Å². The highest BCUT2D eigenvalue weighted by Gasteiger charge is 2.40. The van der Waals surface area contributed by atoms with Crippen molar-refractivity contribution in [3.05, 3.63) is 53.6 Å². The Hall–Kier alpha value is -4.28. The number of hydrogen-bond acceptors (Lipinski definition) is 8. The second-order valence-corrected chi connectivity index (χ2v) is 11.2. The molecule has 228 valence electrons. The molecule has 0 bridgehead atoms. The number of esters is 1. The molecule has 0 saturated heterocycles. The van der Waals surface area contributed by atoms with Crippen LogP contribution in [-0.4, -0.2) is 67.3 Å². The topological polar surface area (TPSA) is 132 Å². The summed E-state index contributed by atoms with van der Waals surface area (Å²) in [6.07, 6.45) is 0.126. The summed E-state index contributed by atoms with van der Waals surface area (Å²) in [5.41, 5.74) is 1.42. The predicted molar refractivity (Wildman–Crippen MR) is 156 cm³/mol. The van der Waals surface area contributed by atoms with Gasteiger partial charge in [-0.1, -0.05) is 26.3 Å². The highest BCUT2D eigenvalue weighted by molar-refractivity contribution is 5.99. The first-order valence-electron chi connectivity index (χ1n) is 13.9. The van der Waals surface area contributed by atoms with Crippen LogP contribution < -0.4 is 20.1 Å². The normalized spacial score (nSPS) is 15.9. The molecule has 11 nitrogen and oxygen atoms in total. The van der Waals surface area contributed by atoms with E-state index in [0.29, 0.717) is 23.6 Å². The minimum absolute atomic E-state index is 0.0905. The van der Waals surface area contributed by atoms with Crippen LogP contribution in [0.5, 0.6) is 11.5 Å². The van der Waals surface area contributed by atoms with E-state index in [1.165, 1.54) is 12.0 Å². The number of nitrogens with one attached hydrogen (secondary N) is 2. The van der Waals surface area contributed by atoms with Gasteiger partial charge in [-0.05, 0) is 74.2 Å². The molecule has 3 atom stereocenters. The van der Waals surface area contributed by atoms with Crippen LogP contribution in [0, 0.1) is 5.92 Å². The first kappa shape index (κ1) is 32.2. The molecule has 0 radical (unpaired) electrons. The lowest BCUT2D eigenvalue weighted by Crippen LogP contribution is -2.58. The number of hydrogen-bond donors (Lipinski definition) is 2. The molecule has 3 amide bonds. The van der Waals surface area contributed by atoms with Crippen LogP contribution in [0.4, 0.5) is 10.5 Å². The van der Waals surface area contributed by atoms with Crippen molar-refractivity contribution in [2.24, 2.45) is 5.92 Å². The summed E-state index contributed by atoms with van der Waals surface area (Å²) >= 11 is 0. The van der Waals surface area contributed by atoms with Crippen molar-refractivity contribution >= 4 is 29.6 Å². The Morgan fingerprint density at radius 1 is 1.00 bits per heavy atom. The van der Waals surface area contributed by atoms with Crippen molar-refractivity contribution in [3.63, 3.8) is 0 Å². The van der Waals surface area contributed by atoms with Gasteiger partial charge in [0.15, 0.2) is 6.61 Å². The SMILES string of the molecule is CC[C@H](C)[C@H](NC(=O)OC(C)(C)C)C(=O)N1Cc2cc(OCC(=O)OC)ccc2C[C@H]1C(=O)Nc1ccc(OC)cc1.